The van der Waals surface area contributed by atoms with E-state index in [1.54, 1.807) is 13.8 Å². The first-order valence-electron chi connectivity index (χ1n) is 7.32. The SMILES string of the molecule is CCOC(=O)c1sc(N(C)C(=O)CSc2ccc(F)cc2F)nc1C. The van der Waals surface area contributed by atoms with Gasteiger partial charge in [-0.2, -0.15) is 0 Å². The summed E-state index contributed by atoms with van der Waals surface area (Å²) in [6.07, 6.45) is 0. The van der Waals surface area contributed by atoms with Crippen LogP contribution < -0.4 is 4.90 Å². The van der Waals surface area contributed by atoms with Gasteiger partial charge in [0.1, 0.15) is 16.5 Å². The number of anilines is 1. The first-order valence-corrected chi connectivity index (χ1v) is 9.12. The molecule has 0 atom stereocenters. The van der Waals surface area contributed by atoms with Crippen LogP contribution in [0.1, 0.15) is 22.3 Å². The molecular formula is C16H16F2N2O3S2. The predicted octanol–water partition coefficient (Wildman–Crippen LogP) is 3.66. The highest BCUT2D eigenvalue weighted by atomic mass is 32.2. The second-order valence-corrected chi connectivity index (χ2v) is 6.94. The number of ether oxygens (including phenoxy) is 1. The van der Waals surface area contributed by atoms with Crippen molar-refractivity contribution in [1.82, 2.24) is 4.98 Å². The maximum absolute atomic E-state index is 13.6. The Morgan fingerprint density at radius 3 is 2.72 bits per heavy atom. The van der Waals surface area contributed by atoms with Crippen LogP contribution in [0.4, 0.5) is 13.9 Å². The van der Waals surface area contributed by atoms with E-state index in [1.807, 2.05) is 0 Å². The summed E-state index contributed by atoms with van der Waals surface area (Å²) in [5, 5.41) is 0.353. The van der Waals surface area contributed by atoms with Crippen molar-refractivity contribution in [2.45, 2.75) is 18.7 Å². The van der Waals surface area contributed by atoms with Crippen molar-refractivity contribution in [3.05, 3.63) is 40.4 Å². The Bertz CT molecular complexity index is 796. The first kappa shape index (κ1) is 19.3. The average Bonchev–Trinajstić information content (AvgIpc) is 2.95. The Balaban J connectivity index is 2.04. The summed E-state index contributed by atoms with van der Waals surface area (Å²) in [5.74, 6) is -2.23. The highest BCUT2D eigenvalue weighted by molar-refractivity contribution is 8.00. The van der Waals surface area contributed by atoms with Crippen molar-refractivity contribution in [2.24, 2.45) is 0 Å². The molecule has 134 valence electrons. The van der Waals surface area contributed by atoms with Crippen molar-refractivity contribution in [3.8, 4) is 0 Å². The summed E-state index contributed by atoms with van der Waals surface area (Å²) in [6.45, 7) is 3.62. The number of hydrogen-bond acceptors (Lipinski definition) is 6. The minimum absolute atomic E-state index is 0.0492. The molecule has 1 amide bonds. The lowest BCUT2D eigenvalue weighted by Crippen LogP contribution is -2.27. The summed E-state index contributed by atoms with van der Waals surface area (Å²) in [7, 11) is 1.52. The van der Waals surface area contributed by atoms with Crippen LogP contribution in [0.3, 0.4) is 0 Å². The molecule has 25 heavy (non-hydrogen) atoms. The quantitative estimate of drug-likeness (QED) is 0.560. The van der Waals surface area contributed by atoms with E-state index < -0.39 is 17.6 Å². The third-order valence-electron chi connectivity index (χ3n) is 3.15. The average molecular weight is 386 g/mol. The first-order chi connectivity index (χ1) is 11.8. The summed E-state index contributed by atoms with van der Waals surface area (Å²) >= 11 is 2.02. The number of thioether (sulfide) groups is 1. The molecule has 5 nitrogen and oxygen atoms in total. The number of thiazole rings is 1. The fourth-order valence-corrected chi connectivity index (χ4v) is 3.62. The molecule has 0 aliphatic heterocycles. The van der Waals surface area contributed by atoms with Crippen molar-refractivity contribution in [3.63, 3.8) is 0 Å². The summed E-state index contributed by atoms with van der Waals surface area (Å²) in [6, 6.07) is 3.19. The zero-order chi connectivity index (χ0) is 18.6. The van der Waals surface area contributed by atoms with Crippen LogP contribution in [0.2, 0.25) is 0 Å². The van der Waals surface area contributed by atoms with Gasteiger partial charge in [-0.3, -0.25) is 9.69 Å². The number of carbonyl (C=O) groups excluding carboxylic acids is 2. The minimum Gasteiger partial charge on any atom is -0.462 e. The number of halogens is 2. The van der Waals surface area contributed by atoms with Gasteiger partial charge in [0.2, 0.25) is 5.91 Å². The predicted molar refractivity (Wildman–Crippen MR) is 93.3 cm³/mol. The summed E-state index contributed by atoms with van der Waals surface area (Å²) in [5.41, 5.74) is 0.482. The van der Waals surface area contributed by atoms with Crippen molar-refractivity contribution < 1.29 is 23.1 Å². The molecule has 0 spiro atoms. The van der Waals surface area contributed by atoms with E-state index in [0.29, 0.717) is 15.7 Å². The molecule has 0 bridgehead atoms. The van der Waals surface area contributed by atoms with Crippen molar-refractivity contribution in [1.29, 1.82) is 0 Å². The number of carbonyl (C=O) groups is 2. The molecule has 0 saturated heterocycles. The summed E-state index contributed by atoms with van der Waals surface area (Å²) < 4.78 is 31.4. The van der Waals surface area contributed by atoms with E-state index in [2.05, 4.69) is 4.98 Å². The standard InChI is InChI=1S/C16H16F2N2O3S2/c1-4-23-15(22)14-9(2)19-16(25-14)20(3)13(21)8-24-12-6-5-10(17)7-11(12)18/h5-7H,4,8H2,1-3H3. The van der Waals surface area contributed by atoms with Gasteiger partial charge < -0.3 is 4.74 Å². The van der Waals surface area contributed by atoms with E-state index >= 15 is 0 Å². The Morgan fingerprint density at radius 2 is 2.08 bits per heavy atom. The van der Waals surface area contributed by atoms with Crippen LogP contribution in [-0.2, 0) is 9.53 Å². The number of hydrogen-bond donors (Lipinski definition) is 0. The number of nitrogens with zero attached hydrogens (tertiary/aromatic N) is 2. The second-order valence-electron chi connectivity index (χ2n) is 4.95. The fourth-order valence-electron chi connectivity index (χ4n) is 1.85. The fraction of sp³-hybridized carbons (Fsp3) is 0.312. The normalized spacial score (nSPS) is 10.6. The molecular weight excluding hydrogens is 370 g/mol. The molecule has 2 rings (SSSR count). The molecule has 1 aromatic heterocycles. The Morgan fingerprint density at radius 1 is 1.36 bits per heavy atom. The number of benzene rings is 1. The van der Waals surface area contributed by atoms with Gasteiger partial charge in [0.05, 0.1) is 18.1 Å². The summed E-state index contributed by atoms with van der Waals surface area (Å²) in [4.78, 5) is 30.1. The minimum atomic E-state index is -0.713. The second kappa shape index (κ2) is 8.39. The van der Waals surface area contributed by atoms with Gasteiger partial charge in [0.15, 0.2) is 5.13 Å². The maximum Gasteiger partial charge on any atom is 0.350 e. The van der Waals surface area contributed by atoms with E-state index in [-0.39, 0.29) is 23.2 Å². The monoisotopic (exact) mass is 386 g/mol. The van der Waals surface area contributed by atoms with Gasteiger partial charge in [0, 0.05) is 18.0 Å². The van der Waals surface area contributed by atoms with Crippen LogP contribution in [0, 0.1) is 18.6 Å². The van der Waals surface area contributed by atoms with E-state index in [1.165, 1.54) is 18.0 Å². The maximum atomic E-state index is 13.6. The lowest BCUT2D eigenvalue weighted by molar-refractivity contribution is -0.115. The largest absolute Gasteiger partial charge is 0.462 e. The van der Waals surface area contributed by atoms with Gasteiger partial charge >= 0.3 is 5.97 Å². The van der Waals surface area contributed by atoms with Crippen LogP contribution in [0.25, 0.3) is 0 Å². The zero-order valence-corrected chi connectivity index (χ0v) is 15.5. The molecule has 0 fully saturated rings. The molecule has 0 radical (unpaired) electrons. The molecule has 9 heteroatoms. The molecule has 2 aromatic rings. The van der Waals surface area contributed by atoms with Crippen molar-refractivity contribution in [2.75, 3.05) is 24.3 Å². The third-order valence-corrected chi connectivity index (χ3v) is 5.40. The molecule has 0 unspecified atom stereocenters. The van der Waals surface area contributed by atoms with Crippen molar-refractivity contribution >= 4 is 40.1 Å². The highest BCUT2D eigenvalue weighted by Crippen LogP contribution is 2.28. The van der Waals surface area contributed by atoms with Crippen LogP contribution >= 0.6 is 23.1 Å². The number of esters is 1. The molecule has 0 aliphatic carbocycles. The zero-order valence-electron chi connectivity index (χ0n) is 13.8. The molecule has 0 aliphatic rings. The van der Waals surface area contributed by atoms with E-state index in [4.69, 9.17) is 4.74 Å². The number of amides is 1. The highest BCUT2D eigenvalue weighted by Gasteiger charge is 2.21. The molecule has 1 aromatic carbocycles. The number of aromatic nitrogens is 1. The van der Waals surface area contributed by atoms with Crippen LogP contribution in [0.15, 0.2) is 23.1 Å². The van der Waals surface area contributed by atoms with E-state index in [0.717, 1.165) is 35.2 Å². The van der Waals surface area contributed by atoms with Gasteiger partial charge in [0.25, 0.3) is 0 Å². The molecule has 0 N–H and O–H groups in total. The smallest absolute Gasteiger partial charge is 0.350 e. The topological polar surface area (TPSA) is 59.5 Å². The molecule has 0 saturated carbocycles. The third kappa shape index (κ3) is 4.76. The Hall–Kier alpha value is -2.00. The Labute approximate surface area is 152 Å². The van der Waals surface area contributed by atoms with Gasteiger partial charge in [-0.05, 0) is 26.0 Å². The Kier molecular flexibility index (Phi) is 6.49. The lowest BCUT2D eigenvalue weighted by Gasteiger charge is -2.13. The lowest BCUT2D eigenvalue weighted by atomic mass is 10.3. The van der Waals surface area contributed by atoms with Crippen LogP contribution in [0.5, 0.6) is 0 Å². The molecule has 1 heterocycles. The number of rotatable bonds is 6. The van der Waals surface area contributed by atoms with Gasteiger partial charge in [-0.25, -0.2) is 18.6 Å². The van der Waals surface area contributed by atoms with Gasteiger partial charge in [-0.1, -0.05) is 11.3 Å². The van der Waals surface area contributed by atoms with E-state index in [9.17, 15) is 18.4 Å². The van der Waals surface area contributed by atoms with Gasteiger partial charge in [-0.15, -0.1) is 11.8 Å². The van der Waals surface area contributed by atoms with Crippen LogP contribution in [-0.4, -0.2) is 36.3 Å². The number of aryl methyl sites for hydroxylation is 1.